The summed E-state index contributed by atoms with van der Waals surface area (Å²) in [5.74, 6) is -2.64. The molecule has 0 aromatic carbocycles. The standard InChI is InChI=1S/C9H17NO5S/c1-6(2)4-16(14,15)5-8(9(12)13)10-7(3)11/h6,8H,4-5H2,1-3H3,(H,10,11)(H,12,13). The van der Waals surface area contributed by atoms with E-state index in [2.05, 4.69) is 5.32 Å². The molecule has 0 aliphatic rings. The fourth-order valence-corrected chi connectivity index (χ4v) is 3.14. The predicted octanol–water partition coefficient (Wildman–Crippen LogP) is -0.353. The molecule has 0 rings (SSSR count). The van der Waals surface area contributed by atoms with Gasteiger partial charge >= 0.3 is 5.97 Å². The number of hydrogen-bond donors (Lipinski definition) is 2. The Kier molecular flexibility index (Phi) is 5.43. The summed E-state index contributed by atoms with van der Waals surface area (Å²) >= 11 is 0. The number of sulfone groups is 1. The molecule has 0 bridgehead atoms. The van der Waals surface area contributed by atoms with Crippen molar-refractivity contribution in [3.63, 3.8) is 0 Å². The van der Waals surface area contributed by atoms with Crippen LogP contribution in [0.1, 0.15) is 20.8 Å². The number of carbonyl (C=O) groups is 2. The monoisotopic (exact) mass is 251 g/mol. The van der Waals surface area contributed by atoms with Gasteiger partial charge in [-0.2, -0.15) is 0 Å². The lowest BCUT2D eigenvalue weighted by Crippen LogP contribution is -2.45. The molecular formula is C9H17NO5S. The van der Waals surface area contributed by atoms with E-state index in [0.29, 0.717) is 0 Å². The Morgan fingerprint density at radius 2 is 1.75 bits per heavy atom. The molecule has 0 saturated heterocycles. The third kappa shape index (κ3) is 6.39. The second-order valence-corrected chi connectivity index (χ2v) is 6.22. The van der Waals surface area contributed by atoms with E-state index in [1.54, 1.807) is 13.8 Å². The van der Waals surface area contributed by atoms with Crippen molar-refractivity contribution < 1.29 is 23.1 Å². The molecule has 0 fully saturated rings. The smallest absolute Gasteiger partial charge is 0.327 e. The zero-order chi connectivity index (χ0) is 12.9. The van der Waals surface area contributed by atoms with Crippen LogP contribution in [-0.4, -0.2) is 42.9 Å². The zero-order valence-corrected chi connectivity index (χ0v) is 10.4. The largest absolute Gasteiger partial charge is 0.480 e. The maximum Gasteiger partial charge on any atom is 0.327 e. The lowest BCUT2D eigenvalue weighted by Gasteiger charge is -2.14. The second-order valence-electron chi connectivity index (χ2n) is 4.06. The first-order valence-corrected chi connectivity index (χ1v) is 6.66. The van der Waals surface area contributed by atoms with Crippen molar-refractivity contribution in [3.05, 3.63) is 0 Å². The fourth-order valence-electron chi connectivity index (χ4n) is 1.25. The van der Waals surface area contributed by atoms with Crippen LogP contribution in [0, 0.1) is 5.92 Å². The maximum absolute atomic E-state index is 11.5. The van der Waals surface area contributed by atoms with Gasteiger partial charge in [-0.25, -0.2) is 13.2 Å². The van der Waals surface area contributed by atoms with Crippen molar-refractivity contribution in [2.24, 2.45) is 5.92 Å². The van der Waals surface area contributed by atoms with Gasteiger partial charge in [0.25, 0.3) is 0 Å². The average Bonchev–Trinajstić information content (AvgIpc) is 1.98. The molecule has 94 valence electrons. The average molecular weight is 251 g/mol. The summed E-state index contributed by atoms with van der Waals surface area (Å²) in [4.78, 5) is 21.4. The van der Waals surface area contributed by atoms with E-state index in [0.717, 1.165) is 6.92 Å². The van der Waals surface area contributed by atoms with Gasteiger partial charge in [0.1, 0.15) is 6.04 Å². The Labute approximate surface area is 95.0 Å². The highest BCUT2D eigenvalue weighted by Crippen LogP contribution is 2.03. The second kappa shape index (κ2) is 5.83. The third-order valence-corrected chi connectivity index (χ3v) is 3.70. The van der Waals surface area contributed by atoms with Gasteiger partial charge in [-0.15, -0.1) is 0 Å². The number of aliphatic carboxylic acids is 1. The lowest BCUT2D eigenvalue weighted by molar-refractivity contribution is -0.140. The van der Waals surface area contributed by atoms with Crippen molar-refractivity contribution in [3.8, 4) is 0 Å². The number of carboxylic acid groups (broad SMARTS) is 1. The van der Waals surface area contributed by atoms with Crippen LogP contribution in [0.3, 0.4) is 0 Å². The summed E-state index contributed by atoms with van der Waals surface area (Å²) in [6, 6.07) is -1.37. The van der Waals surface area contributed by atoms with Crippen LogP contribution in [0.4, 0.5) is 0 Å². The van der Waals surface area contributed by atoms with Crippen molar-refractivity contribution in [1.29, 1.82) is 0 Å². The van der Waals surface area contributed by atoms with Crippen LogP contribution in [0.2, 0.25) is 0 Å². The van der Waals surface area contributed by atoms with Gasteiger partial charge in [-0.05, 0) is 5.92 Å². The summed E-state index contributed by atoms with van der Waals surface area (Å²) in [6.07, 6.45) is 0. The highest BCUT2D eigenvalue weighted by Gasteiger charge is 2.26. The van der Waals surface area contributed by atoms with Gasteiger partial charge < -0.3 is 10.4 Å². The molecule has 0 heterocycles. The molecule has 7 heteroatoms. The molecule has 2 N–H and O–H groups in total. The van der Waals surface area contributed by atoms with Crippen molar-refractivity contribution in [1.82, 2.24) is 5.32 Å². The summed E-state index contributed by atoms with van der Waals surface area (Å²) in [5, 5.41) is 10.8. The van der Waals surface area contributed by atoms with E-state index in [4.69, 9.17) is 5.11 Å². The molecule has 1 amide bonds. The molecular weight excluding hydrogens is 234 g/mol. The van der Waals surface area contributed by atoms with Crippen LogP contribution in [0.5, 0.6) is 0 Å². The number of carbonyl (C=O) groups excluding carboxylic acids is 1. The quantitative estimate of drug-likeness (QED) is 0.671. The van der Waals surface area contributed by atoms with Crippen LogP contribution in [0.15, 0.2) is 0 Å². The van der Waals surface area contributed by atoms with Crippen molar-refractivity contribution in [2.75, 3.05) is 11.5 Å². The van der Waals surface area contributed by atoms with E-state index < -0.39 is 33.5 Å². The molecule has 16 heavy (non-hydrogen) atoms. The summed E-state index contributed by atoms with van der Waals surface area (Å²) in [6.45, 7) is 4.60. The fraction of sp³-hybridized carbons (Fsp3) is 0.778. The third-order valence-electron chi connectivity index (χ3n) is 1.68. The molecule has 1 unspecified atom stereocenters. The summed E-state index contributed by atoms with van der Waals surface area (Å²) in [5.41, 5.74) is 0. The van der Waals surface area contributed by atoms with Gasteiger partial charge in [0.05, 0.1) is 11.5 Å². The Morgan fingerprint density at radius 3 is 2.06 bits per heavy atom. The van der Waals surface area contributed by atoms with Crippen LogP contribution in [0.25, 0.3) is 0 Å². The molecule has 6 nitrogen and oxygen atoms in total. The molecule has 0 spiro atoms. The van der Waals surface area contributed by atoms with Crippen LogP contribution < -0.4 is 5.32 Å². The van der Waals surface area contributed by atoms with Gasteiger partial charge in [0.2, 0.25) is 5.91 Å². The SMILES string of the molecule is CC(=O)NC(CS(=O)(=O)CC(C)C)C(=O)O. The lowest BCUT2D eigenvalue weighted by atomic mass is 10.3. The molecule has 0 aromatic rings. The van der Waals surface area contributed by atoms with Crippen LogP contribution >= 0.6 is 0 Å². The number of carboxylic acids is 1. The van der Waals surface area contributed by atoms with Gasteiger partial charge in [-0.3, -0.25) is 4.79 Å². The summed E-state index contributed by atoms with van der Waals surface area (Å²) in [7, 11) is -3.47. The normalized spacial score (nSPS) is 13.5. The van der Waals surface area contributed by atoms with E-state index in [1.165, 1.54) is 0 Å². The van der Waals surface area contributed by atoms with Crippen molar-refractivity contribution >= 4 is 21.7 Å². The number of nitrogens with one attached hydrogen (secondary N) is 1. The van der Waals surface area contributed by atoms with Gasteiger partial charge in [0, 0.05) is 6.92 Å². The van der Waals surface area contributed by atoms with E-state index in [1.807, 2.05) is 0 Å². The first-order valence-electron chi connectivity index (χ1n) is 4.84. The minimum absolute atomic E-state index is 0.0724. The Balaban J connectivity index is 4.63. The predicted molar refractivity (Wildman–Crippen MR) is 58.7 cm³/mol. The maximum atomic E-state index is 11.5. The zero-order valence-electron chi connectivity index (χ0n) is 9.56. The Hall–Kier alpha value is -1.11. The molecule has 0 aliphatic carbocycles. The topological polar surface area (TPSA) is 101 Å². The first kappa shape index (κ1) is 14.9. The summed E-state index contributed by atoms with van der Waals surface area (Å²) < 4.78 is 23.0. The molecule has 0 radical (unpaired) electrons. The number of rotatable bonds is 6. The van der Waals surface area contributed by atoms with E-state index >= 15 is 0 Å². The minimum atomic E-state index is -3.47. The highest BCUT2D eigenvalue weighted by atomic mass is 32.2. The van der Waals surface area contributed by atoms with E-state index in [9.17, 15) is 18.0 Å². The van der Waals surface area contributed by atoms with Crippen molar-refractivity contribution in [2.45, 2.75) is 26.8 Å². The number of amides is 1. The van der Waals surface area contributed by atoms with Gasteiger partial charge in [-0.1, -0.05) is 13.8 Å². The first-order chi connectivity index (χ1) is 7.14. The minimum Gasteiger partial charge on any atom is -0.480 e. The molecule has 1 atom stereocenters. The number of hydrogen-bond acceptors (Lipinski definition) is 4. The Bertz CT molecular complexity index is 360. The van der Waals surface area contributed by atoms with Gasteiger partial charge in [0.15, 0.2) is 9.84 Å². The Morgan fingerprint density at radius 1 is 1.25 bits per heavy atom. The molecule has 0 saturated carbocycles. The van der Waals surface area contributed by atoms with E-state index in [-0.39, 0.29) is 11.7 Å². The van der Waals surface area contributed by atoms with Crippen LogP contribution in [-0.2, 0) is 19.4 Å². The molecule has 0 aliphatic heterocycles. The molecule has 0 aromatic heterocycles. The highest BCUT2D eigenvalue weighted by molar-refractivity contribution is 7.91.